The highest BCUT2D eigenvalue weighted by molar-refractivity contribution is 7.17. The maximum absolute atomic E-state index is 13.2. The molecule has 0 spiro atoms. The molecule has 3 aromatic rings. The number of imide groups is 1. The summed E-state index contributed by atoms with van der Waals surface area (Å²) in [5, 5.41) is 10.3. The zero-order valence-corrected chi connectivity index (χ0v) is 20.8. The Balaban J connectivity index is 1.35. The van der Waals surface area contributed by atoms with Crippen LogP contribution in [0, 0.1) is 0 Å². The van der Waals surface area contributed by atoms with Crippen molar-refractivity contribution >= 4 is 46.6 Å². The van der Waals surface area contributed by atoms with Gasteiger partial charge < -0.3 is 15.1 Å². The molecule has 0 unspecified atom stereocenters. The zero-order chi connectivity index (χ0) is 24.8. The summed E-state index contributed by atoms with van der Waals surface area (Å²) >= 11 is 1.44. The molecule has 3 fully saturated rings. The first-order chi connectivity index (χ1) is 17.4. The lowest BCUT2D eigenvalue weighted by Crippen LogP contribution is -2.34. The van der Waals surface area contributed by atoms with E-state index in [1.807, 2.05) is 23.1 Å². The summed E-state index contributed by atoms with van der Waals surface area (Å²) in [5.41, 5.74) is 2.38. The molecule has 3 amide bonds. The summed E-state index contributed by atoms with van der Waals surface area (Å²) in [6.07, 6.45) is 6.56. The molecule has 10 nitrogen and oxygen atoms in total. The maximum atomic E-state index is 13.2. The summed E-state index contributed by atoms with van der Waals surface area (Å²) in [4.78, 5) is 47.6. The van der Waals surface area contributed by atoms with E-state index in [1.165, 1.54) is 11.3 Å². The van der Waals surface area contributed by atoms with Gasteiger partial charge in [-0.05, 0) is 51.1 Å². The van der Waals surface area contributed by atoms with E-state index in [1.54, 1.807) is 16.8 Å². The van der Waals surface area contributed by atoms with Crippen LogP contribution in [0.5, 0.6) is 0 Å². The van der Waals surface area contributed by atoms with Crippen LogP contribution in [0.3, 0.4) is 0 Å². The van der Waals surface area contributed by atoms with E-state index in [4.69, 9.17) is 4.98 Å². The first-order valence-electron chi connectivity index (χ1n) is 12.2. The third-order valence-electron chi connectivity index (χ3n) is 6.73. The minimum absolute atomic E-state index is 0.0474. The van der Waals surface area contributed by atoms with Gasteiger partial charge in [-0.15, -0.1) is 11.3 Å². The topological polar surface area (TPSA) is 112 Å². The summed E-state index contributed by atoms with van der Waals surface area (Å²) in [5.74, 6) is 0.184. The molecule has 3 aliphatic rings. The van der Waals surface area contributed by atoms with Gasteiger partial charge in [-0.2, -0.15) is 9.61 Å². The SMILES string of the molecule is CN1CCCN(C(=O)c2ccc(-c3cc(NC4CC4)n4ncc(/C=C5\CC(=O)NC5=O)c4n3)s2)CC1. The lowest BCUT2D eigenvalue weighted by molar-refractivity contribution is -0.124. The Morgan fingerprint density at radius 3 is 2.83 bits per heavy atom. The molecule has 186 valence electrons. The van der Waals surface area contributed by atoms with Crippen LogP contribution in [0.2, 0.25) is 0 Å². The quantitative estimate of drug-likeness (QED) is 0.404. The first kappa shape index (κ1) is 22.9. The van der Waals surface area contributed by atoms with E-state index in [-0.39, 0.29) is 24.1 Å². The van der Waals surface area contributed by atoms with E-state index < -0.39 is 0 Å². The molecule has 1 aliphatic carbocycles. The first-order valence-corrected chi connectivity index (χ1v) is 13.0. The molecule has 11 heteroatoms. The second-order valence-electron chi connectivity index (χ2n) is 9.62. The third-order valence-corrected chi connectivity index (χ3v) is 7.83. The van der Waals surface area contributed by atoms with Crippen LogP contribution in [-0.2, 0) is 9.59 Å². The maximum Gasteiger partial charge on any atom is 0.263 e. The lowest BCUT2D eigenvalue weighted by atomic mass is 10.1. The summed E-state index contributed by atoms with van der Waals surface area (Å²) < 4.78 is 1.73. The molecule has 2 N–H and O–H groups in total. The Morgan fingerprint density at radius 2 is 2.06 bits per heavy atom. The molecule has 0 radical (unpaired) electrons. The van der Waals surface area contributed by atoms with Crippen LogP contribution in [0.25, 0.3) is 22.3 Å². The van der Waals surface area contributed by atoms with E-state index in [0.717, 1.165) is 61.8 Å². The molecule has 2 saturated heterocycles. The van der Waals surface area contributed by atoms with Crippen molar-refractivity contribution in [3.05, 3.63) is 40.4 Å². The van der Waals surface area contributed by atoms with Gasteiger partial charge in [-0.1, -0.05) is 0 Å². The highest BCUT2D eigenvalue weighted by Crippen LogP contribution is 2.33. The standard InChI is InChI=1S/C25H27N7O3S/c1-30-7-2-8-31(10-9-30)25(35)20-6-5-19(36-20)18-13-21(27-17-3-4-17)32-23(28-18)16(14-26-32)11-15-12-22(33)29-24(15)34/h5-6,11,13-14,17,27H,2-4,7-10,12H2,1H3,(H,29,33,34)/b15-11+. The summed E-state index contributed by atoms with van der Waals surface area (Å²) in [6, 6.07) is 6.18. The average Bonchev–Trinajstić information content (AvgIpc) is 3.30. The number of carbonyl (C=O) groups is 3. The number of fused-ring (bicyclic) bond motifs is 1. The third kappa shape index (κ3) is 4.51. The minimum Gasteiger partial charge on any atom is -0.367 e. The molecule has 36 heavy (non-hydrogen) atoms. The van der Waals surface area contributed by atoms with Gasteiger partial charge in [0.15, 0.2) is 5.65 Å². The molecule has 0 aromatic carbocycles. The molecular weight excluding hydrogens is 478 g/mol. The number of likely N-dealkylation sites (N-methyl/N-ethyl adjacent to an activating group) is 1. The number of rotatable bonds is 5. The fourth-order valence-electron chi connectivity index (χ4n) is 4.55. The van der Waals surface area contributed by atoms with E-state index in [9.17, 15) is 14.4 Å². The Morgan fingerprint density at radius 1 is 1.19 bits per heavy atom. The molecule has 1 saturated carbocycles. The lowest BCUT2D eigenvalue weighted by Gasteiger charge is -2.19. The number of aromatic nitrogens is 3. The number of anilines is 1. The molecular formula is C25H27N7O3S. The number of nitrogens with one attached hydrogen (secondary N) is 2. The molecule has 0 bridgehead atoms. The zero-order valence-electron chi connectivity index (χ0n) is 20.0. The molecule has 2 aliphatic heterocycles. The van der Waals surface area contributed by atoms with Crippen molar-refractivity contribution in [1.29, 1.82) is 0 Å². The fourth-order valence-corrected chi connectivity index (χ4v) is 5.49. The highest BCUT2D eigenvalue weighted by atomic mass is 32.1. The van der Waals surface area contributed by atoms with Crippen LogP contribution in [0.15, 0.2) is 30.0 Å². The smallest absolute Gasteiger partial charge is 0.263 e. The Hall–Kier alpha value is -3.57. The van der Waals surface area contributed by atoms with Crippen molar-refractivity contribution in [2.24, 2.45) is 0 Å². The van der Waals surface area contributed by atoms with E-state index >= 15 is 0 Å². The monoisotopic (exact) mass is 505 g/mol. The Kier molecular flexibility index (Phi) is 5.81. The predicted octanol–water partition coefficient (Wildman–Crippen LogP) is 2.24. The largest absolute Gasteiger partial charge is 0.367 e. The van der Waals surface area contributed by atoms with Crippen molar-refractivity contribution in [3.63, 3.8) is 0 Å². The van der Waals surface area contributed by atoms with Crippen molar-refractivity contribution in [2.45, 2.75) is 31.7 Å². The molecule has 5 heterocycles. The second kappa shape index (κ2) is 9.14. The van der Waals surface area contributed by atoms with Crippen LogP contribution in [0.1, 0.15) is 40.9 Å². The number of hydrogen-bond donors (Lipinski definition) is 2. The molecule has 3 aromatic heterocycles. The van der Waals surface area contributed by atoms with Gasteiger partial charge in [0.2, 0.25) is 5.91 Å². The average molecular weight is 506 g/mol. The van der Waals surface area contributed by atoms with Crippen molar-refractivity contribution < 1.29 is 14.4 Å². The number of carbonyl (C=O) groups excluding carboxylic acids is 3. The summed E-state index contributed by atoms with van der Waals surface area (Å²) in [6.45, 7) is 3.37. The molecule has 0 atom stereocenters. The number of amides is 3. The van der Waals surface area contributed by atoms with E-state index in [0.29, 0.717) is 27.7 Å². The van der Waals surface area contributed by atoms with Gasteiger partial charge in [0.1, 0.15) is 5.82 Å². The number of nitrogens with zero attached hydrogens (tertiary/aromatic N) is 5. The van der Waals surface area contributed by atoms with Gasteiger partial charge >= 0.3 is 0 Å². The Bertz CT molecular complexity index is 1400. The van der Waals surface area contributed by atoms with Crippen molar-refractivity contribution in [3.8, 4) is 10.6 Å². The fraction of sp³-hybridized carbons (Fsp3) is 0.400. The number of hydrogen-bond acceptors (Lipinski definition) is 8. The van der Waals surface area contributed by atoms with Crippen LogP contribution >= 0.6 is 11.3 Å². The van der Waals surface area contributed by atoms with Crippen molar-refractivity contribution in [2.75, 3.05) is 38.5 Å². The predicted molar refractivity (Wildman–Crippen MR) is 137 cm³/mol. The Labute approximate surface area is 212 Å². The van der Waals surface area contributed by atoms with Gasteiger partial charge in [0.05, 0.1) is 28.1 Å². The minimum atomic E-state index is -0.382. The normalized spacial score (nSPS) is 20.2. The van der Waals surface area contributed by atoms with Crippen molar-refractivity contribution in [1.82, 2.24) is 29.7 Å². The molecule has 6 rings (SSSR count). The summed E-state index contributed by atoms with van der Waals surface area (Å²) in [7, 11) is 2.09. The second-order valence-corrected chi connectivity index (χ2v) is 10.7. The van der Waals surface area contributed by atoms with Crippen LogP contribution in [0.4, 0.5) is 5.82 Å². The van der Waals surface area contributed by atoms with Crippen LogP contribution < -0.4 is 10.6 Å². The van der Waals surface area contributed by atoms with Gasteiger partial charge in [0.25, 0.3) is 11.8 Å². The highest BCUT2D eigenvalue weighted by Gasteiger charge is 2.26. The van der Waals surface area contributed by atoms with E-state index in [2.05, 4.69) is 27.7 Å². The number of thiophene rings is 1. The van der Waals surface area contributed by atoms with Crippen LogP contribution in [-0.4, -0.2) is 81.4 Å². The van der Waals surface area contributed by atoms with Gasteiger partial charge in [-0.3, -0.25) is 19.7 Å². The van der Waals surface area contributed by atoms with Gasteiger partial charge in [0, 0.05) is 42.9 Å². The van der Waals surface area contributed by atoms with Gasteiger partial charge in [-0.25, -0.2) is 4.98 Å².